The molecule has 0 radical (unpaired) electrons. The minimum Gasteiger partial charge on any atom is -0.317 e. The predicted molar refractivity (Wildman–Crippen MR) is 50.1 cm³/mol. The fraction of sp³-hybridized carbons (Fsp3) is 0.900. The highest BCUT2D eigenvalue weighted by Crippen LogP contribution is 2.33. The van der Waals surface area contributed by atoms with E-state index in [1.165, 1.54) is 0 Å². The van der Waals surface area contributed by atoms with Crippen molar-refractivity contribution in [2.24, 2.45) is 11.3 Å². The Morgan fingerprint density at radius 2 is 1.83 bits per heavy atom. The Morgan fingerprint density at radius 1 is 1.33 bits per heavy atom. The monoisotopic (exact) mass is 169 g/mol. The first-order valence-electron chi connectivity index (χ1n) is 4.77. The van der Waals surface area contributed by atoms with Gasteiger partial charge < -0.3 is 5.32 Å². The summed E-state index contributed by atoms with van der Waals surface area (Å²) in [6.07, 6.45) is 2.29. The number of nitrogens with one attached hydrogen (secondary N) is 1. The van der Waals surface area contributed by atoms with Crippen LogP contribution in [0.3, 0.4) is 0 Å². The molecule has 0 bridgehead atoms. The minimum absolute atomic E-state index is 0.109. The lowest BCUT2D eigenvalue weighted by molar-refractivity contribution is -0.128. The van der Waals surface area contributed by atoms with E-state index in [-0.39, 0.29) is 5.41 Å². The van der Waals surface area contributed by atoms with Crippen molar-refractivity contribution in [2.75, 3.05) is 13.1 Å². The molecule has 0 saturated carbocycles. The van der Waals surface area contributed by atoms with Crippen molar-refractivity contribution in [2.45, 2.75) is 33.6 Å². The van der Waals surface area contributed by atoms with Gasteiger partial charge in [-0.25, -0.2) is 0 Å². The SMILES string of the molecule is CC(=O)C(C)(C)C1CCNCC1. The summed E-state index contributed by atoms with van der Waals surface area (Å²) in [4.78, 5) is 11.3. The van der Waals surface area contributed by atoms with E-state index in [0.717, 1.165) is 25.9 Å². The summed E-state index contributed by atoms with van der Waals surface area (Å²) in [6.45, 7) is 8.00. The van der Waals surface area contributed by atoms with Crippen LogP contribution in [-0.4, -0.2) is 18.9 Å². The Balaban J connectivity index is 2.59. The zero-order valence-electron chi connectivity index (χ0n) is 8.31. The molecular formula is C10H19NO. The van der Waals surface area contributed by atoms with Crippen molar-refractivity contribution >= 4 is 5.78 Å². The third-order valence-electron chi connectivity index (χ3n) is 3.27. The van der Waals surface area contributed by atoms with E-state index < -0.39 is 0 Å². The van der Waals surface area contributed by atoms with E-state index in [1.807, 2.05) is 0 Å². The molecule has 1 heterocycles. The van der Waals surface area contributed by atoms with Gasteiger partial charge in [0.15, 0.2) is 0 Å². The van der Waals surface area contributed by atoms with Crippen molar-refractivity contribution < 1.29 is 4.79 Å². The Hall–Kier alpha value is -0.370. The molecule has 12 heavy (non-hydrogen) atoms. The van der Waals surface area contributed by atoms with Crippen molar-refractivity contribution in [1.82, 2.24) is 5.32 Å². The smallest absolute Gasteiger partial charge is 0.135 e. The fourth-order valence-corrected chi connectivity index (χ4v) is 1.83. The zero-order valence-corrected chi connectivity index (χ0v) is 8.31. The molecule has 1 aliphatic heterocycles. The Bertz CT molecular complexity index is 169. The summed E-state index contributed by atoms with van der Waals surface area (Å²) < 4.78 is 0. The van der Waals surface area contributed by atoms with Gasteiger partial charge in [-0.1, -0.05) is 13.8 Å². The predicted octanol–water partition coefficient (Wildman–Crippen LogP) is 1.60. The number of Topliss-reactive ketones (excluding diaryl/α,β-unsaturated/α-hetero) is 1. The molecule has 1 aliphatic rings. The molecule has 0 unspecified atom stereocenters. The summed E-state index contributed by atoms with van der Waals surface area (Å²) in [5.41, 5.74) is -0.109. The van der Waals surface area contributed by atoms with Crippen LogP contribution in [0.1, 0.15) is 33.6 Å². The van der Waals surface area contributed by atoms with Gasteiger partial charge in [0.1, 0.15) is 5.78 Å². The van der Waals surface area contributed by atoms with Crippen LogP contribution in [0.25, 0.3) is 0 Å². The maximum absolute atomic E-state index is 11.3. The second kappa shape index (κ2) is 3.56. The summed E-state index contributed by atoms with van der Waals surface area (Å²) in [6, 6.07) is 0. The Labute approximate surface area is 74.7 Å². The molecule has 70 valence electrons. The molecular weight excluding hydrogens is 150 g/mol. The van der Waals surface area contributed by atoms with Crippen LogP contribution in [-0.2, 0) is 4.79 Å². The van der Waals surface area contributed by atoms with Crippen molar-refractivity contribution in [3.8, 4) is 0 Å². The van der Waals surface area contributed by atoms with Crippen LogP contribution in [0.5, 0.6) is 0 Å². The normalized spacial score (nSPS) is 20.9. The number of hydrogen-bond acceptors (Lipinski definition) is 2. The van der Waals surface area contributed by atoms with Gasteiger partial charge >= 0.3 is 0 Å². The molecule has 1 fully saturated rings. The number of ketones is 1. The van der Waals surface area contributed by atoms with Gasteiger partial charge in [-0.3, -0.25) is 4.79 Å². The van der Waals surface area contributed by atoms with Crippen molar-refractivity contribution in [3.63, 3.8) is 0 Å². The molecule has 0 aromatic carbocycles. The Morgan fingerprint density at radius 3 is 2.25 bits per heavy atom. The average molecular weight is 169 g/mol. The highest BCUT2D eigenvalue weighted by Gasteiger charge is 2.34. The van der Waals surface area contributed by atoms with Crippen LogP contribution in [0.2, 0.25) is 0 Å². The Kier molecular flexibility index (Phi) is 2.89. The maximum Gasteiger partial charge on any atom is 0.135 e. The summed E-state index contributed by atoms with van der Waals surface area (Å²) in [5, 5.41) is 3.31. The topological polar surface area (TPSA) is 29.1 Å². The number of hydrogen-bond donors (Lipinski definition) is 1. The third-order valence-corrected chi connectivity index (χ3v) is 3.27. The minimum atomic E-state index is -0.109. The van der Waals surface area contributed by atoms with Crippen LogP contribution >= 0.6 is 0 Å². The second-order valence-electron chi connectivity index (χ2n) is 4.30. The van der Waals surface area contributed by atoms with Crippen LogP contribution in [0, 0.1) is 11.3 Å². The lowest BCUT2D eigenvalue weighted by Crippen LogP contribution is -2.39. The van der Waals surface area contributed by atoms with E-state index in [2.05, 4.69) is 19.2 Å². The second-order valence-corrected chi connectivity index (χ2v) is 4.30. The molecule has 0 aromatic heterocycles. The number of carbonyl (C=O) groups is 1. The van der Waals surface area contributed by atoms with Crippen molar-refractivity contribution in [1.29, 1.82) is 0 Å². The van der Waals surface area contributed by atoms with E-state index in [0.29, 0.717) is 11.7 Å². The van der Waals surface area contributed by atoms with Gasteiger partial charge in [-0.05, 0) is 38.8 Å². The van der Waals surface area contributed by atoms with Gasteiger partial charge in [0.05, 0.1) is 0 Å². The van der Waals surface area contributed by atoms with Gasteiger partial charge in [0.25, 0.3) is 0 Å². The third kappa shape index (κ3) is 1.86. The van der Waals surface area contributed by atoms with Gasteiger partial charge in [-0.2, -0.15) is 0 Å². The number of rotatable bonds is 2. The van der Waals surface area contributed by atoms with E-state index in [1.54, 1.807) is 6.92 Å². The summed E-state index contributed by atoms with van der Waals surface area (Å²) >= 11 is 0. The van der Waals surface area contributed by atoms with Crippen molar-refractivity contribution in [3.05, 3.63) is 0 Å². The maximum atomic E-state index is 11.3. The first kappa shape index (κ1) is 9.72. The highest BCUT2D eigenvalue weighted by molar-refractivity contribution is 5.81. The number of piperidine rings is 1. The molecule has 0 aliphatic carbocycles. The van der Waals surface area contributed by atoms with Gasteiger partial charge in [0, 0.05) is 5.41 Å². The lowest BCUT2D eigenvalue weighted by atomic mass is 9.72. The molecule has 2 nitrogen and oxygen atoms in total. The zero-order chi connectivity index (χ0) is 9.19. The summed E-state index contributed by atoms with van der Waals surface area (Å²) in [7, 11) is 0. The molecule has 0 aromatic rings. The quantitative estimate of drug-likeness (QED) is 0.680. The van der Waals surface area contributed by atoms with Gasteiger partial charge in [-0.15, -0.1) is 0 Å². The fourth-order valence-electron chi connectivity index (χ4n) is 1.83. The molecule has 1 saturated heterocycles. The molecule has 0 atom stereocenters. The molecule has 0 spiro atoms. The van der Waals surface area contributed by atoms with E-state index in [4.69, 9.17) is 0 Å². The lowest BCUT2D eigenvalue weighted by Gasteiger charge is -2.35. The molecule has 1 N–H and O–H groups in total. The van der Waals surface area contributed by atoms with E-state index in [9.17, 15) is 4.79 Å². The molecule has 2 heteroatoms. The largest absolute Gasteiger partial charge is 0.317 e. The summed E-state index contributed by atoms with van der Waals surface area (Å²) in [5.74, 6) is 0.908. The van der Waals surface area contributed by atoms with E-state index >= 15 is 0 Å². The molecule has 1 rings (SSSR count). The van der Waals surface area contributed by atoms with Crippen LogP contribution in [0.15, 0.2) is 0 Å². The first-order chi connectivity index (χ1) is 5.55. The molecule has 0 amide bonds. The average Bonchev–Trinajstić information content (AvgIpc) is 2.06. The van der Waals surface area contributed by atoms with Gasteiger partial charge in [0.2, 0.25) is 0 Å². The van der Waals surface area contributed by atoms with Crippen LogP contribution < -0.4 is 5.32 Å². The number of carbonyl (C=O) groups excluding carboxylic acids is 1. The van der Waals surface area contributed by atoms with Crippen LogP contribution in [0.4, 0.5) is 0 Å². The highest BCUT2D eigenvalue weighted by atomic mass is 16.1. The standard InChI is InChI=1S/C10H19NO/c1-8(12)10(2,3)9-4-6-11-7-5-9/h9,11H,4-7H2,1-3H3. The first-order valence-corrected chi connectivity index (χ1v) is 4.77.